The van der Waals surface area contributed by atoms with Crippen LogP contribution >= 0.6 is 0 Å². The Labute approximate surface area is 180 Å². The average molecular weight is 447 g/mol. The Bertz CT molecular complexity index is 1080. The molecule has 3 rings (SSSR count). The van der Waals surface area contributed by atoms with Gasteiger partial charge in [-0.15, -0.1) is 0 Å². The monoisotopic (exact) mass is 446 g/mol. The van der Waals surface area contributed by atoms with Crippen LogP contribution in [0.1, 0.15) is 25.3 Å². The van der Waals surface area contributed by atoms with Crippen molar-refractivity contribution >= 4 is 33.7 Å². The number of nitrogens with zero attached hydrogens (tertiary/aromatic N) is 1. The van der Waals surface area contributed by atoms with E-state index in [2.05, 4.69) is 5.32 Å². The quantitative estimate of drug-likeness (QED) is 0.521. The normalized spacial score (nSPS) is 17.0. The van der Waals surface area contributed by atoms with Crippen molar-refractivity contribution in [3.63, 3.8) is 0 Å². The van der Waals surface area contributed by atoms with Crippen LogP contribution < -0.4 is 5.32 Å². The molecule has 1 amide bonds. The highest BCUT2D eigenvalue weighted by Crippen LogP contribution is 2.28. The fraction of sp³-hybridized carbons (Fsp3) is 0.273. The lowest BCUT2D eigenvalue weighted by atomic mass is 10.1. The summed E-state index contributed by atoms with van der Waals surface area (Å²) in [4.78, 5) is 23.7. The third-order valence-corrected chi connectivity index (χ3v) is 6.75. The van der Waals surface area contributed by atoms with Gasteiger partial charge in [0, 0.05) is 18.3 Å². The Balaban J connectivity index is 1.70. The van der Waals surface area contributed by atoms with E-state index in [1.807, 2.05) is 0 Å². The zero-order valence-corrected chi connectivity index (χ0v) is 17.8. The average Bonchev–Trinajstić information content (AvgIpc) is 3.25. The highest BCUT2D eigenvalue weighted by atomic mass is 32.2. The molecule has 1 N–H and O–H groups in total. The predicted octanol–water partition coefficient (Wildman–Crippen LogP) is 3.19. The molecule has 0 aliphatic carbocycles. The summed E-state index contributed by atoms with van der Waals surface area (Å²) < 4.78 is 45.7. The summed E-state index contributed by atoms with van der Waals surface area (Å²) in [6.45, 7) is 2.15. The Morgan fingerprint density at radius 1 is 1.19 bits per heavy atom. The third-order valence-electron chi connectivity index (χ3n) is 4.81. The molecule has 7 nitrogen and oxygen atoms in total. The Morgan fingerprint density at radius 2 is 1.90 bits per heavy atom. The smallest absolute Gasteiger partial charge is 0.330 e. The summed E-state index contributed by atoms with van der Waals surface area (Å²) in [5.41, 5.74) is 1.21. The predicted molar refractivity (Wildman–Crippen MR) is 114 cm³/mol. The molecule has 164 valence electrons. The van der Waals surface area contributed by atoms with Gasteiger partial charge in [-0.1, -0.05) is 24.3 Å². The molecule has 0 saturated carbocycles. The first-order chi connectivity index (χ1) is 14.8. The standard InChI is InChI=1S/C22H23FN2O5S/c1-2-30-21(26)14-11-16-9-12-17(13-10-16)24-22(27)19-7-5-15-25(19)31(28,29)20-8-4-3-6-18(20)23/h3-4,6,8-14,19H,2,5,7,15H2,1H3,(H,24,27)/b14-11+. The van der Waals surface area contributed by atoms with E-state index in [9.17, 15) is 22.4 Å². The van der Waals surface area contributed by atoms with Crippen LogP contribution in [0.5, 0.6) is 0 Å². The molecule has 9 heteroatoms. The fourth-order valence-electron chi connectivity index (χ4n) is 3.33. The van der Waals surface area contributed by atoms with Crippen LogP contribution in [0, 0.1) is 5.82 Å². The van der Waals surface area contributed by atoms with Crippen LogP contribution in [-0.2, 0) is 24.3 Å². The number of ether oxygens (including phenoxy) is 1. The van der Waals surface area contributed by atoms with Gasteiger partial charge in [0.2, 0.25) is 15.9 Å². The van der Waals surface area contributed by atoms with E-state index in [1.165, 1.54) is 24.3 Å². The van der Waals surface area contributed by atoms with E-state index in [0.29, 0.717) is 25.1 Å². The number of benzene rings is 2. The van der Waals surface area contributed by atoms with Crippen molar-refractivity contribution in [2.45, 2.75) is 30.7 Å². The number of hydrogen-bond donors (Lipinski definition) is 1. The first-order valence-corrected chi connectivity index (χ1v) is 11.3. The van der Waals surface area contributed by atoms with Gasteiger partial charge < -0.3 is 10.1 Å². The Hall–Kier alpha value is -3.04. The van der Waals surface area contributed by atoms with Crippen LogP contribution in [0.4, 0.5) is 10.1 Å². The lowest BCUT2D eigenvalue weighted by Gasteiger charge is -2.23. The molecule has 0 aromatic heterocycles. The number of halogens is 1. The van der Waals surface area contributed by atoms with Crippen molar-refractivity contribution < 1.29 is 27.1 Å². The van der Waals surface area contributed by atoms with Gasteiger partial charge in [0.25, 0.3) is 0 Å². The van der Waals surface area contributed by atoms with Crippen LogP contribution in [-0.4, -0.2) is 43.8 Å². The van der Waals surface area contributed by atoms with Crippen molar-refractivity contribution in [2.24, 2.45) is 0 Å². The number of nitrogens with one attached hydrogen (secondary N) is 1. The fourth-order valence-corrected chi connectivity index (χ4v) is 5.05. The second-order valence-electron chi connectivity index (χ2n) is 6.90. The van der Waals surface area contributed by atoms with Crippen LogP contribution in [0.2, 0.25) is 0 Å². The van der Waals surface area contributed by atoms with Gasteiger partial charge in [0.05, 0.1) is 6.61 Å². The van der Waals surface area contributed by atoms with E-state index in [4.69, 9.17) is 4.74 Å². The number of esters is 1. The summed E-state index contributed by atoms with van der Waals surface area (Å²) in [6.07, 6.45) is 3.74. The number of sulfonamides is 1. The van der Waals surface area contributed by atoms with E-state index in [-0.39, 0.29) is 6.54 Å². The maximum absolute atomic E-state index is 14.1. The highest BCUT2D eigenvalue weighted by molar-refractivity contribution is 7.89. The molecule has 0 bridgehead atoms. The van der Waals surface area contributed by atoms with Gasteiger partial charge in [0.15, 0.2) is 0 Å². The van der Waals surface area contributed by atoms with Gasteiger partial charge in [-0.2, -0.15) is 4.31 Å². The molecule has 1 aliphatic rings. The lowest BCUT2D eigenvalue weighted by Crippen LogP contribution is -2.43. The van der Waals surface area contributed by atoms with Gasteiger partial charge in [-0.05, 0) is 55.7 Å². The zero-order chi connectivity index (χ0) is 22.4. The van der Waals surface area contributed by atoms with Gasteiger partial charge in [-0.3, -0.25) is 4.79 Å². The van der Waals surface area contributed by atoms with Crippen molar-refractivity contribution in [3.8, 4) is 0 Å². The topological polar surface area (TPSA) is 92.8 Å². The first kappa shape index (κ1) is 22.6. The molecule has 1 fully saturated rings. The first-order valence-electron chi connectivity index (χ1n) is 9.85. The number of rotatable bonds is 7. The number of amides is 1. The summed E-state index contributed by atoms with van der Waals surface area (Å²) >= 11 is 0. The second-order valence-corrected chi connectivity index (χ2v) is 8.76. The highest BCUT2D eigenvalue weighted by Gasteiger charge is 2.40. The minimum absolute atomic E-state index is 0.145. The van der Waals surface area contributed by atoms with Gasteiger partial charge in [0.1, 0.15) is 16.8 Å². The van der Waals surface area contributed by atoms with E-state index in [0.717, 1.165) is 15.9 Å². The molecule has 0 radical (unpaired) electrons. The minimum Gasteiger partial charge on any atom is -0.463 e. The summed E-state index contributed by atoms with van der Waals surface area (Å²) in [5, 5.41) is 2.71. The van der Waals surface area contributed by atoms with Crippen LogP contribution in [0.25, 0.3) is 6.08 Å². The largest absolute Gasteiger partial charge is 0.463 e. The minimum atomic E-state index is -4.14. The number of anilines is 1. The molecule has 1 heterocycles. The van der Waals surface area contributed by atoms with Crippen LogP contribution in [0.15, 0.2) is 59.5 Å². The molecule has 1 aliphatic heterocycles. The van der Waals surface area contributed by atoms with Crippen molar-refractivity contribution in [1.82, 2.24) is 4.31 Å². The maximum Gasteiger partial charge on any atom is 0.330 e. The summed E-state index contributed by atoms with van der Waals surface area (Å²) in [7, 11) is -4.14. The second kappa shape index (κ2) is 9.84. The molecular formula is C22H23FN2O5S. The maximum atomic E-state index is 14.1. The van der Waals surface area contributed by atoms with Crippen molar-refractivity contribution in [1.29, 1.82) is 0 Å². The summed E-state index contributed by atoms with van der Waals surface area (Å²) in [5.74, 6) is -1.77. The number of hydrogen-bond acceptors (Lipinski definition) is 5. The summed E-state index contributed by atoms with van der Waals surface area (Å²) in [6, 6.07) is 10.9. The Morgan fingerprint density at radius 3 is 2.58 bits per heavy atom. The van der Waals surface area contributed by atoms with E-state index < -0.39 is 38.7 Å². The van der Waals surface area contributed by atoms with Gasteiger partial charge >= 0.3 is 5.97 Å². The third kappa shape index (κ3) is 5.36. The molecule has 2 aromatic carbocycles. The van der Waals surface area contributed by atoms with E-state index in [1.54, 1.807) is 37.3 Å². The van der Waals surface area contributed by atoms with Crippen LogP contribution in [0.3, 0.4) is 0 Å². The molecular weight excluding hydrogens is 423 g/mol. The zero-order valence-electron chi connectivity index (χ0n) is 17.0. The number of carbonyl (C=O) groups excluding carboxylic acids is 2. The molecule has 1 atom stereocenters. The Kier molecular flexibility index (Phi) is 7.19. The molecule has 31 heavy (non-hydrogen) atoms. The molecule has 1 unspecified atom stereocenters. The number of carbonyl (C=O) groups is 2. The lowest BCUT2D eigenvalue weighted by molar-refractivity contribution is -0.137. The molecule has 1 saturated heterocycles. The van der Waals surface area contributed by atoms with Crippen molar-refractivity contribution in [2.75, 3.05) is 18.5 Å². The molecule has 2 aromatic rings. The van der Waals surface area contributed by atoms with E-state index >= 15 is 0 Å². The SMILES string of the molecule is CCOC(=O)/C=C/c1ccc(NC(=O)C2CCCN2S(=O)(=O)c2ccccc2F)cc1. The molecule has 0 spiro atoms. The van der Waals surface area contributed by atoms with Crippen molar-refractivity contribution in [3.05, 3.63) is 66.0 Å². The van der Waals surface area contributed by atoms with Gasteiger partial charge in [-0.25, -0.2) is 17.6 Å².